The first-order chi connectivity index (χ1) is 10.2. The van der Waals surface area contributed by atoms with Gasteiger partial charge in [0.2, 0.25) is 0 Å². The number of rotatable bonds is 6. The molecule has 0 spiro atoms. The molecule has 21 heavy (non-hydrogen) atoms. The molecule has 2 atom stereocenters. The molecule has 2 heteroatoms. The van der Waals surface area contributed by atoms with Gasteiger partial charge < -0.3 is 10.1 Å². The second-order valence-electron chi connectivity index (χ2n) is 5.53. The quantitative estimate of drug-likeness (QED) is 0.779. The number of hydrogen-bond donors (Lipinski definition) is 1. The number of ether oxygens (including phenoxy) is 1. The molecule has 0 radical (unpaired) electrons. The molecule has 0 fully saturated rings. The molecule has 1 N–H and O–H groups in total. The van der Waals surface area contributed by atoms with Crippen molar-refractivity contribution in [1.82, 2.24) is 5.32 Å². The van der Waals surface area contributed by atoms with Crippen LogP contribution in [-0.2, 0) is 0 Å². The van der Waals surface area contributed by atoms with Gasteiger partial charge in [-0.05, 0) is 55.6 Å². The van der Waals surface area contributed by atoms with E-state index in [0.29, 0.717) is 12.0 Å². The van der Waals surface area contributed by atoms with Crippen molar-refractivity contribution in [2.75, 3.05) is 7.05 Å². The predicted octanol–water partition coefficient (Wildman–Crippen LogP) is 5.27. The first-order valence-corrected chi connectivity index (χ1v) is 7.69. The molecule has 2 unspecified atom stereocenters. The number of benzene rings is 2. The Balaban J connectivity index is 2.19. The fourth-order valence-corrected chi connectivity index (χ4v) is 2.32. The highest BCUT2D eigenvalue weighted by Crippen LogP contribution is 2.32. The van der Waals surface area contributed by atoms with Crippen molar-refractivity contribution < 1.29 is 4.74 Å². The lowest BCUT2D eigenvalue weighted by Crippen LogP contribution is -2.11. The largest absolute Gasteiger partial charge is 0.457 e. The number of nitrogens with one attached hydrogen (secondary N) is 1. The van der Waals surface area contributed by atoms with Gasteiger partial charge in [-0.3, -0.25) is 0 Å². The van der Waals surface area contributed by atoms with Crippen LogP contribution in [0.25, 0.3) is 0 Å². The molecule has 0 saturated heterocycles. The zero-order valence-corrected chi connectivity index (χ0v) is 13.4. The zero-order valence-electron chi connectivity index (χ0n) is 13.4. The van der Waals surface area contributed by atoms with Crippen LogP contribution in [0.15, 0.2) is 48.5 Å². The Morgan fingerprint density at radius 2 is 1.67 bits per heavy atom. The summed E-state index contributed by atoms with van der Waals surface area (Å²) in [5, 5.41) is 3.24. The molecule has 2 aromatic carbocycles. The van der Waals surface area contributed by atoms with E-state index in [4.69, 9.17) is 4.74 Å². The molecular weight excluding hydrogens is 258 g/mol. The van der Waals surface area contributed by atoms with E-state index >= 15 is 0 Å². The summed E-state index contributed by atoms with van der Waals surface area (Å²) in [7, 11) is 1.97. The van der Waals surface area contributed by atoms with Gasteiger partial charge in [-0.25, -0.2) is 0 Å². The molecule has 112 valence electrons. The highest BCUT2D eigenvalue weighted by Gasteiger charge is 2.10. The van der Waals surface area contributed by atoms with Crippen molar-refractivity contribution in [3.8, 4) is 11.5 Å². The van der Waals surface area contributed by atoms with Crippen molar-refractivity contribution >= 4 is 0 Å². The van der Waals surface area contributed by atoms with Crippen LogP contribution in [0.1, 0.15) is 50.3 Å². The van der Waals surface area contributed by atoms with Crippen LogP contribution in [0.2, 0.25) is 0 Å². The topological polar surface area (TPSA) is 21.3 Å². The molecule has 0 aliphatic heterocycles. The summed E-state index contributed by atoms with van der Waals surface area (Å²) in [4.78, 5) is 0. The lowest BCUT2D eigenvalue weighted by atomic mass is 9.98. The molecule has 0 aliphatic carbocycles. The van der Waals surface area contributed by atoms with Crippen molar-refractivity contribution in [2.45, 2.75) is 39.2 Å². The summed E-state index contributed by atoms with van der Waals surface area (Å²) in [6.45, 7) is 6.59. The fourth-order valence-electron chi connectivity index (χ4n) is 2.32. The summed E-state index contributed by atoms with van der Waals surface area (Å²) in [5.74, 6) is 2.35. The van der Waals surface area contributed by atoms with Crippen molar-refractivity contribution in [1.29, 1.82) is 0 Å². The van der Waals surface area contributed by atoms with Gasteiger partial charge in [0, 0.05) is 6.04 Å². The van der Waals surface area contributed by atoms with E-state index < -0.39 is 0 Å². The zero-order chi connectivity index (χ0) is 15.2. The monoisotopic (exact) mass is 283 g/mol. The van der Waals surface area contributed by atoms with Gasteiger partial charge in [0.15, 0.2) is 0 Å². The predicted molar refractivity (Wildman–Crippen MR) is 89.1 cm³/mol. The Labute approximate surface area is 128 Å². The summed E-state index contributed by atoms with van der Waals surface area (Å²) in [6, 6.07) is 17.0. The van der Waals surface area contributed by atoms with E-state index in [1.807, 2.05) is 31.3 Å². The third-order valence-electron chi connectivity index (χ3n) is 4.10. The average Bonchev–Trinajstić information content (AvgIpc) is 2.54. The SMILES string of the molecule is CCC(C)c1ccccc1Oc1ccc(C(C)NC)cc1. The van der Waals surface area contributed by atoms with Crippen LogP contribution < -0.4 is 10.1 Å². The minimum absolute atomic E-state index is 0.353. The Bertz CT molecular complexity index is 562. The molecular formula is C19H25NO. The smallest absolute Gasteiger partial charge is 0.130 e. The average molecular weight is 283 g/mol. The maximum atomic E-state index is 6.08. The van der Waals surface area contributed by atoms with Crippen molar-refractivity contribution in [2.24, 2.45) is 0 Å². The Morgan fingerprint density at radius 1 is 1.00 bits per heavy atom. The van der Waals surface area contributed by atoms with Crippen LogP contribution in [0.5, 0.6) is 11.5 Å². The van der Waals surface area contributed by atoms with E-state index in [-0.39, 0.29) is 0 Å². The molecule has 0 aromatic heterocycles. The second-order valence-corrected chi connectivity index (χ2v) is 5.53. The molecule has 0 amide bonds. The molecule has 2 rings (SSSR count). The highest BCUT2D eigenvalue weighted by molar-refractivity contribution is 5.40. The van der Waals surface area contributed by atoms with Crippen LogP contribution in [-0.4, -0.2) is 7.05 Å². The summed E-state index contributed by atoms with van der Waals surface area (Å²) >= 11 is 0. The van der Waals surface area contributed by atoms with Gasteiger partial charge in [-0.15, -0.1) is 0 Å². The van der Waals surface area contributed by atoms with E-state index in [1.54, 1.807) is 0 Å². The minimum atomic E-state index is 0.353. The Hall–Kier alpha value is -1.80. The highest BCUT2D eigenvalue weighted by atomic mass is 16.5. The maximum Gasteiger partial charge on any atom is 0.130 e. The third-order valence-corrected chi connectivity index (χ3v) is 4.10. The van der Waals surface area contributed by atoms with Crippen molar-refractivity contribution in [3.63, 3.8) is 0 Å². The van der Waals surface area contributed by atoms with Gasteiger partial charge in [0.1, 0.15) is 11.5 Å². The van der Waals surface area contributed by atoms with Gasteiger partial charge in [0.05, 0.1) is 0 Å². The third kappa shape index (κ3) is 3.85. The normalized spacial score (nSPS) is 13.7. The van der Waals surface area contributed by atoms with Crippen LogP contribution in [0, 0.1) is 0 Å². The molecule has 2 nitrogen and oxygen atoms in total. The van der Waals surface area contributed by atoms with Gasteiger partial charge in [-0.1, -0.05) is 44.2 Å². The maximum absolute atomic E-state index is 6.08. The first-order valence-electron chi connectivity index (χ1n) is 7.69. The fraction of sp³-hybridized carbons (Fsp3) is 0.368. The summed E-state index contributed by atoms with van der Waals surface area (Å²) in [5.41, 5.74) is 2.53. The Morgan fingerprint density at radius 3 is 2.29 bits per heavy atom. The van der Waals surface area contributed by atoms with Crippen LogP contribution >= 0.6 is 0 Å². The molecule has 0 heterocycles. The molecule has 0 saturated carbocycles. The van der Waals surface area contributed by atoms with E-state index in [9.17, 15) is 0 Å². The Kier molecular flexibility index (Phi) is 5.40. The number of para-hydroxylation sites is 1. The minimum Gasteiger partial charge on any atom is -0.457 e. The molecule has 0 bridgehead atoms. The lowest BCUT2D eigenvalue weighted by Gasteiger charge is -2.16. The summed E-state index contributed by atoms with van der Waals surface area (Å²) in [6.07, 6.45) is 1.11. The second kappa shape index (κ2) is 7.28. The van der Waals surface area contributed by atoms with Crippen molar-refractivity contribution in [3.05, 3.63) is 59.7 Å². The first kappa shape index (κ1) is 15.6. The molecule has 2 aromatic rings. The van der Waals surface area contributed by atoms with Crippen LogP contribution in [0.3, 0.4) is 0 Å². The van der Waals surface area contributed by atoms with E-state index in [0.717, 1.165) is 17.9 Å². The van der Waals surface area contributed by atoms with E-state index in [2.05, 4.69) is 50.4 Å². The number of hydrogen-bond acceptors (Lipinski definition) is 2. The van der Waals surface area contributed by atoms with Gasteiger partial charge in [-0.2, -0.15) is 0 Å². The van der Waals surface area contributed by atoms with Gasteiger partial charge in [0.25, 0.3) is 0 Å². The standard InChI is InChI=1S/C19H25NO/c1-5-14(2)18-8-6-7-9-19(18)21-17-12-10-16(11-13-17)15(3)20-4/h6-15,20H,5H2,1-4H3. The van der Waals surface area contributed by atoms with E-state index in [1.165, 1.54) is 11.1 Å². The molecule has 0 aliphatic rings. The summed E-state index contributed by atoms with van der Waals surface area (Å²) < 4.78 is 6.08. The lowest BCUT2D eigenvalue weighted by molar-refractivity contribution is 0.470. The van der Waals surface area contributed by atoms with Gasteiger partial charge >= 0.3 is 0 Å². The van der Waals surface area contributed by atoms with Crippen LogP contribution in [0.4, 0.5) is 0 Å².